The third-order valence-electron chi connectivity index (χ3n) is 4.52. The summed E-state index contributed by atoms with van der Waals surface area (Å²) in [5.41, 5.74) is 0. The van der Waals surface area contributed by atoms with Crippen LogP contribution in [-0.4, -0.2) is 33.7 Å². The molecule has 116 valence electrons. The molecule has 0 amide bonds. The number of rotatable bonds is 3. The molecule has 4 nitrogen and oxygen atoms in total. The Balaban J connectivity index is 1.65. The zero-order valence-corrected chi connectivity index (χ0v) is 12.9. The Morgan fingerprint density at radius 3 is 2.10 bits per heavy atom. The normalized spacial score (nSPS) is 30.4. The molecular formula is C16H22O4S. The second-order valence-corrected chi connectivity index (χ2v) is 8.03. The molecule has 1 saturated carbocycles. The van der Waals surface area contributed by atoms with Crippen molar-refractivity contribution in [2.45, 2.75) is 36.9 Å². The second-order valence-electron chi connectivity index (χ2n) is 6.00. The maximum Gasteiger partial charge on any atom is 0.183 e. The summed E-state index contributed by atoms with van der Waals surface area (Å²) in [6, 6.07) is 8.51. The Morgan fingerprint density at radius 1 is 0.952 bits per heavy atom. The molecule has 0 radical (unpaired) electrons. The number of ether oxygens (including phenoxy) is 2. The Hall–Kier alpha value is -0.910. The van der Waals surface area contributed by atoms with E-state index in [-0.39, 0.29) is 5.75 Å². The summed E-state index contributed by atoms with van der Waals surface area (Å²) in [6.45, 7) is 1.25. The molecule has 1 aromatic rings. The van der Waals surface area contributed by atoms with E-state index in [0.717, 1.165) is 0 Å². The van der Waals surface area contributed by atoms with Gasteiger partial charge < -0.3 is 9.47 Å². The first kappa shape index (κ1) is 15.0. The summed E-state index contributed by atoms with van der Waals surface area (Å²) in [7, 11) is -3.36. The standard InChI is InChI=1S/C16H22O4S/c17-21(18,15-8-2-1-3-9-15)12-16-19-10-13-6-4-5-7-14(13)11-20-16/h1-3,8-9,13-14,16H,4-7,10-12H2/t13-,14+,16?. The molecule has 5 heteroatoms. The minimum atomic E-state index is -3.36. The van der Waals surface area contributed by atoms with Crippen LogP contribution in [0.1, 0.15) is 25.7 Å². The Morgan fingerprint density at radius 2 is 1.52 bits per heavy atom. The maximum atomic E-state index is 12.4. The van der Waals surface area contributed by atoms with Crippen molar-refractivity contribution in [2.24, 2.45) is 11.8 Å². The van der Waals surface area contributed by atoms with Crippen LogP contribution < -0.4 is 0 Å². The van der Waals surface area contributed by atoms with Gasteiger partial charge in [0.2, 0.25) is 0 Å². The second kappa shape index (κ2) is 6.46. The molecule has 21 heavy (non-hydrogen) atoms. The lowest BCUT2D eigenvalue weighted by Gasteiger charge is -2.27. The molecule has 0 N–H and O–H groups in total. The van der Waals surface area contributed by atoms with E-state index in [9.17, 15) is 8.42 Å². The zero-order chi connectivity index (χ0) is 14.7. The molecule has 0 bridgehead atoms. The van der Waals surface area contributed by atoms with Crippen molar-refractivity contribution >= 4 is 9.84 Å². The van der Waals surface area contributed by atoms with Crippen LogP contribution in [0.4, 0.5) is 0 Å². The van der Waals surface area contributed by atoms with Gasteiger partial charge in [-0.1, -0.05) is 31.0 Å². The molecule has 3 atom stereocenters. The summed E-state index contributed by atoms with van der Waals surface area (Å²) in [5, 5.41) is 0. The average Bonchev–Trinajstić information content (AvgIpc) is 2.71. The average molecular weight is 310 g/mol. The molecule has 0 aromatic heterocycles. The third-order valence-corrected chi connectivity index (χ3v) is 6.22. The maximum absolute atomic E-state index is 12.4. The van der Waals surface area contributed by atoms with Crippen LogP contribution in [0.3, 0.4) is 0 Å². The van der Waals surface area contributed by atoms with Crippen LogP contribution in [0.5, 0.6) is 0 Å². The molecule has 1 aromatic carbocycles. The first-order valence-electron chi connectivity index (χ1n) is 7.66. The minimum Gasteiger partial charge on any atom is -0.351 e. The van der Waals surface area contributed by atoms with E-state index >= 15 is 0 Å². The Labute approximate surface area is 126 Å². The molecular weight excluding hydrogens is 288 g/mol. The zero-order valence-electron chi connectivity index (χ0n) is 12.1. The number of hydrogen-bond donors (Lipinski definition) is 0. The van der Waals surface area contributed by atoms with Crippen LogP contribution in [0, 0.1) is 11.8 Å². The van der Waals surface area contributed by atoms with Crippen LogP contribution in [0.25, 0.3) is 0 Å². The van der Waals surface area contributed by atoms with Crippen molar-refractivity contribution in [3.8, 4) is 0 Å². The molecule has 1 unspecified atom stereocenters. The quantitative estimate of drug-likeness (QED) is 0.861. The summed E-state index contributed by atoms with van der Waals surface area (Å²) in [5.74, 6) is 0.961. The van der Waals surface area contributed by atoms with E-state index < -0.39 is 16.1 Å². The van der Waals surface area contributed by atoms with Gasteiger partial charge in [-0.05, 0) is 36.8 Å². The molecule has 1 saturated heterocycles. The van der Waals surface area contributed by atoms with Gasteiger partial charge in [0.25, 0.3) is 0 Å². The number of benzene rings is 1. The van der Waals surface area contributed by atoms with Crippen molar-refractivity contribution in [3.05, 3.63) is 30.3 Å². The highest BCUT2D eigenvalue weighted by Gasteiger charge is 2.32. The molecule has 2 fully saturated rings. The van der Waals surface area contributed by atoms with Gasteiger partial charge in [0.05, 0.1) is 18.1 Å². The van der Waals surface area contributed by atoms with Crippen molar-refractivity contribution < 1.29 is 17.9 Å². The number of fused-ring (bicyclic) bond motifs is 1. The predicted molar refractivity (Wildman–Crippen MR) is 79.6 cm³/mol. The van der Waals surface area contributed by atoms with Gasteiger partial charge in [0.15, 0.2) is 16.1 Å². The predicted octanol–water partition coefficient (Wildman–Crippen LogP) is 2.64. The molecule has 2 aliphatic rings. The molecule has 1 aliphatic carbocycles. The summed E-state index contributed by atoms with van der Waals surface area (Å²) >= 11 is 0. The molecule has 1 heterocycles. The fourth-order valence-corrected chi connectivity index (χ4v) is 4.55. The summed E-state index contributed by atoms with van der Waals surface area (Å²) in [4.78, 5) is 0.332. The number of hydrogen-bond acceptors (Lipinski definition) is 4. The van der Waals surface area contributed by atoms with Gasteiger partial charge in [-0.3, -0.25) is 0 Å². The molecule has 3 rings (SSSR count). The lowest BCUT2D eigenvalue weighted by atomic mass is 9.80. The van der Waals surface area contributed by atoms with Crippen molar-refractivity contribution in [2.75, 3.05) is 19.0 Å². The van der Waals surface area contributed by atoms with Gasteiger partial charge in [-0.2, -0.15) is 0 Å². The number of sulfone groups is 1. The van der Waals surface area contributed by atoms with E-state index in [1.165, 1.54) is 25.7 Å². The Bertz CT molecular complexity index is 539. The highest BCUT2D eigenvalue weighted by Crippen LogP contribution is 2.33. The minimum absolute atomic E-state index is 0.101. The highest BCUT2D eigenvalue weighted by molar-refractivity contribution is 7.91. The van der Waals surface area contributed by atoms with Gasteiger partial charge in [-0.15, -0.1) is 0 Å². The topological polar surface area (TPSA) is 52.6 Å². The van der Waals surface area contributed by atoms with Gasteiger partial charge in [-0.25, -0.2) is 8.42 Å². The van der Waals surface area contributed by atoms with Gasteiger partial charge in [0.1, 0.15) is 5.75 Å². The first-order chi connectivity index (χ1) is 10.1. The molecule has 1 aliphatic heterocycles. The molecule has 0 spiro atoms. The van der Waals surface area contributed by atoms with Gasteiger partial charge >= 0.3 is 0 Å². The van der Waals surface area contributed by atoms with E-state index in [1.807, 2.05) is 6.07 Å². The smallest absolute Gasteiger partial charge is 0.183 e. The fraction of sp³-hybridized carbons (Fsp3) is 0.625. The van der Waals surface area contributed by atoms with Crippen LogP contribution in [0.15, 0.2) is 35.2 Å². The van der Waals surface area contributed by atoms with Crippen molar-refractivity contribution in [1.82, 2.24) is 0 Å². The third kappa shape index (κ3) is 3.65. The van der Waals surface area contributed by atoms with E-state index in [2.05, 4.69) is 0 Å². The largest absolute Gasteiger partial charge is 0.351 e. The monoisotopic (exact) mass is 310 g/mol. The lowest BCUT2D eigenvalue weighted by Crippen LogP contribution is -2.26. The first-order valence-corrected chi connectivity index (χ1v) is 9.31. The fourth-order valence-electron chi connectivity index (χ4n) is 3.23. The summed E-state index contributed by atoms with van der Waals surface area (Å²) < 4.78 is 36.2. The van der Waals surface area contributed by atoms with Crippen LogP contribution in [0.2, 0.25) is 0 Å². The van der Waals surface area contributed by atoms with E-state index in [0.29, 0.717) is 29.9 Å². The van der Waals surface area contributed by atoms with Crippen LogP contribution in [-0.2, 0) is 19.3 Å². The SMILES string of the molecule is O=S(=O)(CC1OC[C@H]2CCCC[C@H]2CO1)c1ccccc1. The highest BCUT2D eigenvalue weighted by atomic mass is 32.2. The van der Waals surface area contributed by atoms with Crippen molar-refractivity contribution in [1.29, 1.82) is 0 Å². The summed E-state index contributed by atoms with van der Waals surface area (Å²) in [6.07, 6.45) is 4.20. The van der Waals surface area contributed by atoms with Crippen molar-refractivity contribution in [3.63, 3.8) is 0 Å². The van der Waals surface area contributed by atoms with E-state index in [1.54, 1.807) is 24.3 Å². The lowest BCUT2D eigenvalue weighted by molar-refractivity contribution is -0.114. The van der Waals surface area contributed by atoms with Crippen LogP contribution >= 0.6 is 0 Å². The van der Waals surface area contributed by atoms with Gasteiger partial charge in [0, 0.05) is 0 Å². The van der Waals surface area contributed by atoms with E-state index in [4.69, 9.17) is 9.47 Å². The Kier molecular flexibility index (Phi) is 4.62.